The molecule has 0 aliphatic heterocycles. The molecule has 0 fully saturated rings. The maximum Gasteiger partial charge on any atom is 0.159 e. The standard InChI is InChI=1S/C10H10ClN3O/c1-3-14-9-5-7(6(2)15)4-8(11)10(9)12-13-14/h4-5H,3H2,1-2H3. The van der Waals surface area contributed by atoms with Gasteiger partial charge in [-0.05, 0) is 26.0 Å². The number of rotatable bonds is 2. The van der Waals surface area contributed by atoms with Crippen molar-refractivity contribution in [2.45, 2.75) is 20.4 Å². The largest absolute Gasteiger partial charge is 0.295 e. The Morgan fingerprint density at radius 3 is 2.87 bits per heavy atom. The van der Waals surface area contributed by atoms with Gasteiger partial charge in [-0.25, -0.2) is 4.68 Å². The van der Waals surface area contributed by atoms with Crippen molar-refractivity contribution in [2.75, 3.05) is 0 Å². The molecule has 15 heavy (non-hydrogen) atoms. The quantitative estimate of drug-likeness (QED) is 0.734. The third kappa shape index (κ3) is 1.61. The lowest BCUT2D eigenvalue weighted by molar-refractivity contribution is 0.101. The van der Waals surface area contributed by atoms with Gasteiger partial charge in [-0.3, -0.25) is 4.79 Å². The molecule has 78 valence electrons. The Kier molecular flexibility index (Phi) is 2.44. The topological polar surface area (TPSA) is 47.8 Å². The van der Waals surface area contributed by atoms with Gasteiger partial charge in [0.2, 0.25) is 0 Å². The molecule has 5 heteroatoms. The fraction of sp³-hybridized carbons (Fsp3) is 0.300. The van der Waals surface area contributed by atoms with E-state index in [4.69, 9.17) is 11.6 Å². The Morgan fingerprint density at radius 1 is 1.53 bits per heavy atom. The van der Waals surface area contributed by atoms with Crippen molar-refractivity contribution in [3.63, 3.8) is 0 Å². The molecule has 0 spiro atoms. The Labute approximate surface area is 91.8 Å². The second-order valence-electron chi connectivity index (χ2n) is 3.29. The lowest BCUT2D eigenvalue weighted by Crippen LogP contribution is -1.98. The molecule has 0 aliphatic rings. The van der Waals surface area contributed by atoms with E-state index in [9.17, 15) is 4.79 Å². The molecule has 0 amide bonds. The molecule has 0 atom stereocenters. The Morgan fingerprint density at radius 2 is 2.27 bits per heavy atom. The molecule has 0 N–H and O–H groups in total. The molecular formula is C10H10ClN3O. The van der Waals surface area contributed by atoms with Crippen molar-refractivity contribution in [3.8, 4) is 0 Å². The van der Waals surface area contributed by atoms with Crippen molar-refractivity contribution in [1.29, 1.82) is 0 Å². The minimum Gasteiger partial charge on any atom is -0.295 e. The van der Waals surface area contributed by atoms with Gasteiger partial charge in [0.15, 0.2) is 5.78 Å². The van der Waals surface area contributed by atoms with Crippen LogP contribution in [0.15, 0.2) is 12.1 Å². The second kappa shape index (κ2) is 3.62. The average Bonchev–Trinajstić information content (AvgIpc) is 2.60. The normalized spacial score (nSPS) is 10.9. The van der Waals surface area contributed by atoms with Crippen LogP contribution in [0.5, 0.6) is 0 Å². The first-order chi connectivity index (χ1) is 7.13. The van der Waals surface area contributed by atoms with Gasteiger partial charge in [-0.15, -0.1) is 5.10 Å². The van der Waals surface area contributed by atoms with Crippen molar-refractivity contribution < 1.29 is 4.79 Å². The number of hydrogen-bond acceptors (Lipinski definition) is 3. The molecule has 4 nitrogen and oxygen atoms in total. The summed E-state index contributed by atoms with van der Waals surface area (Å²) >= 11 is 6.01. The van der Waals surface area contributed by atoms with Crippen LogP contribution < -0.4 is 0 Å². The number of Topliss-reactive ketones (excluding diaryl/α,β-unsaturated/α-hetero) is 1. The minimum absolute atomic E-state index is 0.0114. The summed E-state index contributed by atoms with van der Waals surface area (Å²) in [6.45, 7) is 4.17. The predicted molar refractivity (Wildman–Crippen MR) is 58.2 cm³/mol. The van der Waals surface area contributed by atoms with Crippen molar-refractivity contribution in [1.82, 2.24) is 15.0 Å². The maximum atomic E-state index is 11.3. The number of nitrogens with zero attached hydrogens (tertiary/aromatic N) is 3. The zero-order chi connectivity index (χ0) is 11.0. The fourth-order valence-electron chi connectivity index (χ4n) is 1.46. The van der Waals surface area contributed by atoms with E-state index in [0.717, 1.165) is 5.52 Å². The molecule has 0 radical (unpaired) electrons. The van der Waals surface area contributed by atoms with Crippen molar-refractivity contribution >= 4 is 28.4 Å². The lowest BCUT2D eigenvalue weighted by Gasteiger charge is -2.00. The molecule has 0 saturated heterocycles. The molecule has 0 saturated carbocycles. The van der Waals surface area contributed by atoms with Crippen LogP contribution >= 0.6 is 11.6 Å². The number of ketones is 1. The summed E-state index contributed by atoms with van der Waals surface area (Å²) in [6, 6.07) is 3.40. The van der Waals surface area contributed by atoms with E-state index in [1.54, 1.807) is 16.8 Å². The molecule has 0 aliphatic carbocycles. The molecule has 1 heterocycles. The van der Waals surface area contributed by atoms with Gasteiger partial charge >= 0.3 is 0 Å². The van der Waals surface area contributed by atoms with Gasteiger partial charge in [0, 0.05) is 12.1 Å². The zero-order valence-electron chi connectivity index (χ0n) is 8.49. The van der Waals surface area contributed by atoms with Crippen LogP contribution in [0.2, 0.25) is 5.02 Å². The van der Waals surface area contributed by atoms with Gasteiger partial charge in [0.1, 0.15) is 5.52 Å². The molecule has 1 aromatic heterocycles. The SMILES string of the molecule is CCn1nnc2c(Cl)cc(C(C)=O)cc21. The van der Waals surface area contributed by atoms with Crippen molar-refractivity contribution in [3.05, 3.63) is 22.7 Å². The highest BCUT2D eigenvalue weighted by molar-refractivity contribution is 6.35. The van der Waals surface area contributed by atoms with Crippen LogP contribution in [0.1, 0.15) is 24.2 Å². The number of fused-ring (bicyclic) bond motifs is 1. The third-order valence-electron chi connectivity index (χ3n) is 2.28. The number of hydrogen-bond donors (Lipinski definition) is 0. The Hall–Kier alpha value is -1.42. The molecule has 1 aromatic carbocycles. The van der Waals surface area contributed by atoms with Crippen LogP contribution in [-0.4, -0.2) is 20.8 Å². The third-order valence-corrected chi connectivity index (χ3v) is 2.57. The summed E-state index contributed by atoms with van der Waals surface area (Å²) in [6.07, 6.45) is 0. The van der Waals surface area contributed by atoms with E-state index in [1.165, 1.54) is 6.92 Å². The minimum atomic E-state index is -0.0114. The summed E-state index contributed by atoms with van der Waals surface area (Å²) in [5.74, 6) is -0.0114. The van der Waals surface area contributed by atoms with Gasteiger partial charge in [0.05, 0.1) is 10.5 Å². The highest BCUT2D eigenvalue weighted by Crippen LogP contribution is 2.23. The van der Waals surface area contributed by atoms with Gasteiger partial charge in [-0.1, -0.05) is 16.8 Å². The lowest BCUT2D eigenvalue weighted by atomic mass is 10.1. The molecule has 2 rings (SSSR count). The monoisotopic (exact) mass is 223 g/mol. The molecule has 0 bridgehead atoms. The van der Waals surface area contributed by atoms with Crippen LogP contribution in [0.25, 0.3) is 11.0 Å². The van der Waals surface area contributed by atoms with Crippen LogP contribution in [0.4, 0.5) is 0 Å². The first-order valence-electron chi connectivity index (χ1n) is 4.67. The number of carbonyl (C=O) groups is 1. The van der Waals surface area contributed by atoms with E-state index >= 15 is 0 Å². The fourth-order valence-corrected chi connectivity index (χ4v) is 1.72. The smallest absolute Gasteiger partial charge is 0.159 e. The zero-order valence-corrected chi connectivity index (χ0v) is 9.25. The highest BCUT2D eigenvalue weighted by atomic mass is 35.5. The van der Waals surface area contributed by atoms with Crippen LogP contribution in [-0.2, 0) is 6.54 Å². The molecule has 0 unspecified atom stereocenters. The van der Waals surface area contributed by atoms with E-state index in [1.807, 2.05) is 6.92 Å². The molecular weight excluding hydrogens is 214 g/mol. The van der Waals surface area contributed by atoms with Gasteiger partial charge < -0.3 is 0 Å². The number of aryl methyl sites for hydroxylation is 1. The summed E-state index contributed by atoms with van der Waals surface area (Å²) in [5.41, 5.74) is 2.03. The highest BCUT2D eigenvalue weighted by Gasteiger charge is 2.10. The second-order valence-corrected chi connectivity index (χ2v) is 3.69. The summed E-state index contributed by atoms with van der Waals surface area (Å²) < 4.78 is 1.72. The number of carbonyl (C=O) groups excluding carboxylic acids is 1. The van der Waals surface area contributed by atoms with Crippen molar-refractivity contribution in [2.24, 2.45) is 0 Å². The first-order valence-corrected chi connectivity index (χ1v) is 5.05. The first kappa shape index (κ1) is 10.1. The van der Waals surface area contributed by atoms with Gasteiger partial charge in [0.25, 0.3) is 0 Å². The van der Waals surface area contributed by atoms with Crippen LogP contribution in [0, 0.1) is 0 Å². The van der Waals surface area contributed by atoms with E-state index < -0.39 is 0 Å². The Balaban J connectivity index is 2.77. The van der Waals surface area contributed by atoms with E-state index in [0.29, 0.717) is 22.6 Å². The number of halogens is 1. The Bertz CT molecular complexity index is 533. The summed E-state index contributed by atoms with van der Waals surface area (Å²) in [4.78, 5) is 11.3. The van der Waals surface area contributed by atoms with Gasteiger partial charge in [-0.2, -0.15) is 0 Å². The predicted octanol–water partition coefficient (Wildman–Crippen LogP) is 2.31. The average molecular weight is 224 g/mol. The van der Waals surface area contributed by atoms with E-state index in [-0.39, 0.29) is 5.78 Å². The summed E-state index contributed by atoms with van der Waals surface area (Å²) in [5, 5.41) is 8.38. The number of benzene rings is 1. The van der Waals surface area contributed by atoms with Crippen LogP contribution in [0.3, 0.4) is 0 Å². The number of aromatic nitrogens is 3. The van der Waals surface area contributed by atoms with E-state index in [2.05, 4.69) is 10.3 Å². The summed E-state index contributed by atoms with van der Waals surface area (Å²) in [7, 11) is 0. The molecule has 2 aromatic rings. The maximum absolute atomic E-state index is 11.3.